The number of aryl methyl sites for hydroxylation is 1. The zero-order valence-corrected chi connectivity index (χ0v) is 13.5. The molecule has 0 saturated carbocycles. The fraction of sp³-hybridized carbons (Fsp3) is 0.0526. The molecule has 3 aromatic carbocycles. The summed E-state index contributed by atoms with van der Waals surface area (Å²) in [6.45, 7) is 2.03. The summed E-state index contributed by atoms with van der Waals surface area (Å²) in [5.41, 5.74) is 8.30. The van der Waals surface area contributed by atoms with Crippen LogP contribution in [0.5, 0.6) is 5.75 Å². The molecular formula is C19H16N2OS. The van der Waals surface area contributed by atoms with Crippen LogP contribution in [0.1, 0.15) is 16.7 Å². The lowest BCUT2D eigenvalue weighted by Crippen LogP contribution is -2.10. The Hall–Kier alpha value is -2.72. The molecule has 0 aliphatic heterocycles. The van der Waals surface area contributed by atoms with Crippen molar-refractivity contribution in [1.29, 1.82) is 5.41 Å². The quantitative estimate of drug-likeness (QED) is 0.432. The van der Waals surface area contributed by atoms with Crippen molar-refractivity contribution in [2.75, 3.05) is 0 Å². The van der Waals surface area contributed by atoms with Crippen LogP contribution >= 0.6 is 12.2 Å². The Labute approximate surface area is 140 Å². The molecule has 114 valence electrons. The Morgan fingerprint density at radius 3 is 2.22 bits per heavy atom. The smallest absolute Gasteiger partial charge is 0.198 e. The van der Waals surface area contributed by atoms with Crippen LogP contribution in [0.2, 0.25) is 0 Å². The SMILES string of the molecule is Cc1ccc(C(=S)Oc2ccc3cc(C(=N)N)ccc3c2)cc1. The van der Waals surface area contributed by atoms with Crippen molar-refractivity contribution >= 4 is 33.9 Å². The zero-order chi connectivity index (χ0) is 16.4. The second-order valence-electron chi connectivity index (χ2n) is 5.39. The summed E-state index contributed by atoms with van der Waals surface area (Å²) in [7, 11) is 0. The normalized spacial score (nSPS) is 10.5. The molecule has 0 saturated heterocycles. The van der Waals surface area contributed by atoms with E-state index in [4.69, 9.17) is 28.1 Å². The minimum absolute atomic E-state index is 0.0628. The van der Waals surface area contributed by atoms with E-state index in [1.54, 1.807) is 0 Å². The van der Waals surface area contributed by atoms with Crippen molar-refractivity contribution in [3.63, 3.8) is 0 Å². The maximum Gasteiger partial charge on any atom is 0.198 e. The molecule has 0 atom stereocenters. The first kappa shape index (κ1) is 15.2. The van der Waals surface area contributed by atoms with Gasteiger partial charge in [-0.25, -0.2) is 0 Å². The Kier molecular flexibility index (Phi) is 4.08. The molecule has 0 radical (unpaired) electrons. The lowest BCUT2D eigenvalue weighted by molar-refractivity contribution is 0.567. The van der Waals surface area contributed by atoms with E-state index in [1.807, 2.05) is 67.6 Å². The topological polar surface area (TPSA) is 59.1 Å². The van der Waals surface area contributed by atoms with Crippen molar-refractivity contribution < 1.29 is 4.74 Å². The molecule has 3 rings (SSSR count). The van der Waals surface area contributed by atoms with Crippen LogP contribution in [-0.2, 0) is 0 Å². The van der Waals surface area contributed by atoms with E-state index in [2.05, 4.69) is 0 Å². The van der Waals surface area contributed by atoms with Gasteiger partial charge in [0.05, 0.1) is 0 Å². The fourth-order valence-electron chi connectivity index (χ4n) is 2.31. The summed E-state index contributed by atoms with van der Waals surface area (Å²) in [5.74, 6) is 0.756. The third-order valence-electron chi connectivity index (χ3n) is 3.62. The largest absolute Gasteiger partial charge is 0.445 e. The monoisotopic (exact) mass is 320 g/mol. The number of nitrogens with one attached hydrogen (secondary N) is 1. The second-order valence-corrected chi connectivity index (χ2v) is 5.76. The molecule has 0 amide bonds. The highest BCUT2D eigenvalue weighted by Crippen LogP contribution is 2.23. The van der Waals surface area contributed by atoms with Crippen molar-refractivity contribution in [2.45, 2.75) is 6.92 Å². The van der Waals surface area contributed by atoms with Gasteiger partial charge in [-0.2, -0.15) is 0 Å². The van der Waals surface area contributed by atoms with Gasteiger partial charge in [0.15, 0.2) is 5.05 Å². The second kappa shape index (κ2) is 6.18. The number of hydrogen-bond acceptors (Lipinski definition) is 3. The van der Waals surface area contributed by atoms with Gasteiger partial charge in [-0.1, -0.05) is 48.0 Å². The molecular weight excluding hydrogens is 304 g/mol. The highest BCUT2D eigenvalue weighted by molar-refractivity contribution is 7.80. The van der Waals surface area contributed by atoms with Crippen molar-refractivity contribution in [2.24, 2.45) is 5.73 Å². The average Bonchev–Trinajstić information content (AvgIpc) is 2.54. The van der Waals surface area contributed by atoms with Gasteiger partial charge in [0.1, 0.15) is 11.6 Å². The van der Waals surface area contributed by atoms with Crippen molar-refractivity contribution in [1.82, 2.24) is 0 Å². The van der Waals surface area contributed by atoms with Gasteiger partial charge in [-0.15, -0.1) is 0 Å². The summed E-state index contributed by atoms with van der Waals surface area (Å²) in [6.07, 6.45) is 0. The van der Waals surface area contributed by atoms with Gasteiger partial charge < -0.3 is 10.5 Å². The third-order valence-corrected chi connectivity index (χ3v) is 3.94. The van der Waals surface area contributed by atoms with Crippen LogP contribution in [0, 0.1) is 12.3 Å². The minimum atomic E-state index is 0.0628. The first-order valence-corrected chi connectivity index (χ1v) is 7.61. The van der Waals surface area contributed by atoms with Crippen LogP contribution in [0.4, 0.5) is 0 Å². The minimum Gasteiger partial charge on any atom is -0.445 e. The van der Waals surface area contributed by atoms with Crippen LogP contribution in [0.15, 0.2) is 60.7 Å². The fourth-order valence-corrected chi connectivity index (χ4v) is 2.54. The highest BCUT2D eigenvalue weighted by Gasteiger charge is 2.06. The van der Waals surface area contributed by atoms with E-state index in [0.717, 1.165) is 16.3 Å². The van der Waals surface area contributed by atoms with Gasteiger partial charge in [-0.3, -0.25) is 5.41 Å². The van der Waals surface area contributed by atoms with Gasteiger partial charge in [0.25, 0.3) is 0 Å². The summed E-state index contributed by atoms with van der Waals surface area (Å²) in [5, 5.41) is 9.96. The molecule has 0 aromatic heterocycles. The number of nitrogen functional groups attached to an aromatic ring is 1. The van der Waals surface area contributed by atoms with Gasteiger partial charge >= 0.3 is 0 Å². The number of nitrogens with two attached hydrogens (primary N) is 1. The summed E-state index contributed by atoms with van der Waals surface area (Å²) < 4.78 is 5.79. The summed E-state index contributed by atoms with van der Waals surface area (Å²) in [4.78, 5) is 0. The maximum absolute atomic E-state index is 7.49. The van der Waals surface area contributed by atoms with E-state index in [0.29, 0.717) is 16.4 Å². The molecule has 3 N–H and O–H groups in total. The number of ether oxygens (including phenoxy) is 1. The van der Waals surface area contributed by atoms with E-state index in [1.165, 1.54) is 5.56 Å². The Morgan fingerprint density at radius 1 is 0.913 bits per heavy atom. The molecule has 3 nitrogen and oxygen atoms in total. The van der Waals surface area contributed by atoms with E-state index in [-0.39, 0.29) is 5.84 Å². The lowest BCUT2D eigenvalue weighted by Gasteiger charge is -2.09. The maximum atomic E-state index is 7.49. The number of benzene rings is 3. The molecule has 4 heteroatoms. The lowest BCUT2D eigenvalue weighted by atomic mass is 10.1. The van der Waals surface area contributed by atoms with Crippen LogP contribution in [0.3, 0.4) is 0 Å². The molecule has 0 unspecified atom stereocenters. The molecule has 0 aliphatic rings. The number of fused-ring (bicyclic) bond motifs is 1. The number of thiocarbonyl (C=S) groups is 1. The summed E-state index contributed by atoms with van der Waals surface area (Å²) >= 11 is 5.36. The molecule has 23 heavy (non-hydrogen) atoms. The molecule has 0 spiro atoms. The summed E-state index contributed by atoms with van der Waals surface area (Å²) in [6, 6.07) is 19.3. The predicted octanol–water partition coefficient (Wildman–Crippen LogP) is 4.19. The number of rotatable bonds is 3. The Bertz CT molecular complexity index is 901. The molecule has 3 aromatic rings. The van der Waals surface area contributed by atoms with Crippen LogP contribution in [0.25, 0.3) is 10.8 Å². The van der Waals surface area contributed by atoms with Crippen LogP contribution < -0.4 is 10.5 Å². The van der Waals surface area contributed by atoms with Gasteiger partial charge in [0.2, 0.25) is 0 Å². The number of hydrogen-bond donors (Lipinski definition) is 2. The van der Waals surface area contributed by atoms with E-state index < -0.39 is 0 Å². The first-order valence-electron chi connectivity index (χ1n) is 7.20. The first-order chi connectivity index (χ1) is 11.0. The predicted molar refractivity (Wildman–Crippen MR) is 98.5 cm³/mol. The zero-order valence-electron chi connectivity index (χ0n) is 12.7. The average molecular weight is 320 g/mol. The third kappa shape index (κ3) is 3.38. The van der Waals surface area contributed by atoms with E-state index >= 15 is 0 Å². The highest BCUT2D eigenvalue weighted by atomic mass is 32.1. The van der Waals surface area contributed by atoms with Crippen molar-refractivity contribution in [3.05, 3.63) is 77.4 Å². The molecule has 0 aliphatic carbocycles. The van der Waals surface area contributed by atoms with E-state index in [9.17, 15) is 0 Å². The Balaban J connectivity index is 1.86. The molecule has 0 heterocycles. The van der Waals surface area contributed by atoms with Gasteiger partial charge in [0, 0.05) is 11.1 Å². The Morgan fingerprint density at radius 2 is 1.52 bits per heavy atom. The standard InChI is InChI=1S/C19H16N2OS/c1-12-2-4-13(5-3-12)19(23)22-17-9-8-14-10-16(18(20)21)7-6-15(14)11-17/h2-11H,1H3,(H3,20,21). The van der Waals surface area contributed by atoms with Crippen molar-refractivity contribution in [3.8, 4) is 5.75 Å². The molecule has 0 bridgehead atoms. The number of amidine groups is 1. The van der Waals surface area contributed by atoms with Crippen LogP contribution in [-0.4, -0.2) is 10.9 Å². The molecule has 0 fully saturated rings. The van der Waals surface area contributed by atoms with Gasteiger partial charge in [-0.05, 0) is 48.1 Å².